The highest BCUT2D eigenvalue weighted by Gasteiger charge is 2.15. The van der Waals surface area contributed by atoms with Gasteiger partial charge in [0, 0.05) is 18.7 Å². The van der Waals surface area contributed by atoms with Crippen molar-refractivity contribution in [2.24, 2.45) is 0 Å². The van der Waals surface area contributed by atoms with Crippen molar-refractivity contribution in [3.63, 3.8) is 0 Å². The zero-order chi connectivity index (χ0) is 15.7. The molecular formula is C15H23ClN2O3. The Morgan fingerprint density at radius 2 is 2.10 bits per heavy atom. The number of hydrogen-bond acceptors (Lipinski definition) is 4. The minimum atomic E-state index is -0.189. The van der Waals surface area contributed by atoms with Gasteiger partial charge in [0.2, 0.25) is 0 Å². The molecule has 5 nitrogen and oxygen atoms in total. The first kappa shape index (κ1) is 17.6. The SMILES string of the molecule is CCCCOc1c(Cl)cc(C(=O)NCCNC)cc1OC. The summed E-state index contributed by atoms with van der Waals surface area (Å²) in [5, 5.41) is 6.13. The van der Waals surface area contributed by atoms with Crippen LogP contribution in [0.25, 0.3) is 0 Å². The predicted octanol–water partition coefficient (Wildman–Crippen LogP) is 2.48. The highest BCUT2D eigenvalue weighted by Crippen LogP contribution is 2.36. The van der Waals surface area contributed by atoms with Crippen LogP contribution in [-0.4, -0.2) is 39.8 Å². The van der Waals surface area contributed by atoms with E-state index in [4.69, 9.17) is 21.1 Å². The number of carbonyl (C=O) groups excluding carboxylic acids is 1. The first-order valence-electron chi connectivity index (χ1n) is 7.07. The third kappa shape index (κ3) is 5.44. The number of unbranched alkanes of at least 4 members (excludes halogenated alkanes) is 1. The summed E-state index contributed by atoms with van der Waals surface area (Å²) in [7, 11) is 3.36. The lowest BCUT2D eigenvalue weighted by atomic mass is 10.2. The van der Waals surface area contributed by atoms with Crippen LogP contribution in [0.5, 0.6) is 11.5 Å². The van der Waals surface area contributed by atoms with Gasteiger partial charge in [0.25, 0.3) is 5.91 Å². The summed E-state index contributed by atoms with van der Waals surface area (Å²) >= 11 is 6.20. The fourth-order valence-corrected chi connectivity index (χ4v) is 1.98. The van der Waals surface area contributed by atoms with E-state index in [1.807, 2.05) is 7.05 Å². The summed E-state index contributed by atoms with van der Waals surface area (Å²) in [5.41, 5.74) is 0.454. The molecule has 2 N–H and O–H groups in total. The Morgan fingerprint density at radius 3 is 2.71 bits per heavy atom. The second-order valence-electron chi connectivity index (χ2n) is 4.55. The van der Waals surface area contributed by atoms with Crippen LogP contribution in [0.2, 0.25) is 5.02 Å². The molecule has 0 saturated carbocycles. The van der Waals surface area contributed by atoms with Crippen LogP contribution in [0.1, 0.15) is 30.1 Å². The molecule has 0 saturated heterocycles. The zero-order valence-electron chi connectivity index (χ0n) is 12.8. The van der Waals surface area contributed by atoms with Crippen LogP contribution in [0.15, 0.2) is 12.1 Å². The molecule has 0 aliphatic heterocycles. The van der Waals surface area contributed by atoms with E-state index >= 15 is 0 Å². The third-order valence-corrected chi connectivity index (χ3v) is 3.18. The number of benzene rings is 1. The molecule has 0 spiro atoms. The van der Waals surface area contributed by atoms with E-state index in [1.165, 1.54) is 7.11 Å². The lowest BCUT2D eigenvalue weighted by Gasteiger charge is -2.14. The summed E-state index contributed by atoms with van der Waals surface area (Å²) in [4.78, 5) is 12.0. The summed E-state index contributed by atoms with van der Waals surface area (Å²) in [6, 6.07) is 3.24. The zero-order valence-corrected chi connectivity index (χ0v) is 13.5. The van der Waals surface area contributed by atoms with Crippen LogP contribution >= 0.6 is 11.6 Å². The standard InChI is InChI=1S/C15H23ClN2O3/c1-4-5-8-21-14-12(16)9-11(10-13(14)20-3)15(19)18-7-6-17-2/h9-10,17H,4-8H2,1-3H3,(H,18,19). The number of hydrogen-bond donors (Lipinski definition) is 2. The first-order valence-corrected chi connectivity index (χ1v) is 7.45. The van der Waals surface area contributed by atoms with Crippen LogP contribution in [0.3, 0.4) is 0 Å². The Morgan fingerprint density at radius 1 is 1.33 bits per heavy atom. The molecule has 0 aromatic heterocycles. The van der Waals surface area contributed by atoms with E-state index in [-0.39, 0.29) is 5.91 Å². The highest BCUT2D eigenvalue weighted by molar-refractivity contribution is 6.32. The molecule has 0 aliphatic carbocycles. The minimum absolute atomic E-state index is 0.189. The molecule has 1 aromatic rings. The van der Waals surface area contributed by atoms with E-state index in [0.717, 1.165) is 12.8 Å². The van der Waals surface area contributed by atoms with Crippen molar-refractivity contribution < 1.29 is 14.3 Å². The van der Waals surface area contributed by atoms with Crippen molar-refractivity contribution >= 4 is 17.5 Å². The Kier molecular flexibility index (Phi) is 7.93. The van der Waals surface area contributed by atoms with E-state index < -0.39 is 0 Å². The highest BCUT2D eigenvalue weighted by atomic mass is 35.5. The molecule has 0 unspecified atom stereocenters. The summed E-state index contributed by atoms with van der Waals surface area (Å²) in [6.07, 6.45) is 1.97. The molecule has 21 heavy (non-hydrogen) atoms. The quantitative estimate of drug-likeness (QED) is 0.688. The molecule has 0 fully saturated rings. The third-order valence-electron chi connectivity index (χ3n) is 2.90. The Hall–Kier alpha value is -1.46. The van der Waals surface area contributed by atoms with Gasteiger partial charge in [-0.15, -0.1) is 0 Å². The summed E-state index contributed by atoms with van der Waals surface area (Å²) in [5.74, 6) is 0.766. The van der Waals surface area contributed by atoms with Crippen molar-refractivity contribution in [1.29, 1.82) is 0 Å². The lowest BCUT2D eigenvalue weighted by Crippen LogP contribution is -2.30. The van der Waals surface area contributed by atoms with Gasteiger partial charge in [-0.05, 0) is 25.6 Å². The molecule has 6 heteroatoms. The maximum absolute atomic E-state index is 12.0. The normalized spacial score (nSPS) is 10.3. The van der Waals surface area contributed by atoms with Gasteiger partial charge in [-0.2, -0.15) is 0 Å². The van der Waals surface area contributed by atoms with Gasteiger partial charge in [-0.1, -0.05) is 24.9 Å². The van der Waals surface area contributed by atoms with Crippen molar-refractivity contribution in [3.8, 4) is 11.5 Å². The maximum atomic E-state index is 12.0. The van der Waals surface area contributed by atoms with E-state index in [2.05, 4.69) is 17.6 Å². The monoisotopic (exact) mass is 314 g/mol. The number of likely N-dealkylation sites (N-methyl/N-ethyl adjacent to an activating group) is 1. The molecule has 0 bridgehead atoms. The van der Waals surface area contributed by atoms with E-state index in [9.17, 15) is 4.79 Å². The van der Waals surface area contributed by atoms with E-state index in [1.54, 1.807) is 12.1 Å². The number of halogens is 1. The number of carbonyl (C=O) groups is 1. The molecule has 0 radical (unpaired) electrons. The van der Waals surface area contributed by atoms with E-state index in [0.29, 0.717) is 41.8 Å². The topological polar surface area (TPSA) is 59.6 Å². The predicted molar refractivity (Wildman–Crippen MR) is 84.7 cm³/mol. The first-order chi connectivity index (χ1) is 10.1. The minimum Gasteiger partial charge on any atom is -0.493 e. The van der Waals surface area contributed by atoms with Crippen LogP contribution in [-0.2, 0) is 0 Å². The van der Waals surface area contributed by atoms with Gasteiger partial charge < -0.3 is 20.1 Å². The maximum Gasteiger partial charge on any atom is 0.251 e. The molecular weight excluding hydrogens is 292 g/mol. The number of nitrogens with one attached hydrogen (secondary N) is 2. The number of amides is 1. The smallest absolute Gasteiger partial charge is 0.251 e. The van der Waals surface area contributed by atoms with Gasteiger partial charge in [-0.3, -0.25) is 4.79 Å². The Labute approximate surface area is 131 Å². The average Bonchev–Trinajstić information content (AvgIpc) is 2.48. The largest absolute Gasteiger partial charge is 0.493 e. The average molecular weight is 315 g/mol. The van der Waals surface area contributed by atoms with Crippen molar-refractivity contribution in [3.05, 3.63) is 22.7 Å². The second kappa shape index (κ2) is 9.47. The van der Waals surface area contributed by atoms with Crippen LogP contribution in [0, 0.1) is 0 Å². The van der Waals surface area contributed by atoms with Gasteiger partial charge >= 0.3 is 0 Å². The number of ether oxygens (including phenoxy) is 2. The lowest BCUT2D eigenvalue weighted by molar-refractivity contribution is 0.0953. The number of rotatable bonds is 9. The number of methoxy groups -OCH3 is 1. The van der Waals surface area contributed by atoms with Gasteiger partial charge in [0.15, 0.2) is 11.5 Å². The molecule has 1 amide bonds. The van der Waals surface area contributed by atoms with Crippen molar-refractivity contribution in [2.75, 3.05) is 33.9 Å². The van der Waals surface area contributed by atoms with Gasteiger partial charge in [0.05, 0.1) is 18.7 Å². The van der Waals surface area contributed by atoms with Gasteiger partial charge in [0.1, 0.15) is 0 Å². The molecule has 0 aliphatic rings. The second-order valence-corrected chi connectivity index (χ2v) is 4.96. The molecule has 1 aromatic carbocycles. The molecule has 0 atom stereocenters. The van der Waals surface area contributed by atoms with Gasteiger partial charge in [-0.25, -0.2) is 0 Å². The van der Waals surface area contributed by atoms with Crippen LogP contribution in [0.4, 0.5) is 0 Å². The van der Waals surface area contributed by atoms with Crippen molar-refractivity contribution in [1.82, 2.24) is 10.6 Å². The Balaban J connectivity index is 2.84. The Bertz CT molecular complexity index is 466. The summed E-state index contributed by atoms with van der Waals surface area (Å²) in [6.45, 7) is 3.90. The van der Waals surface area contributed by atoms with Crippen LogP contribution < -0.4 is 20.1 Å². The molecule has 118 valence electrons. The molecule has 1 rings (SSSR count). The summed E-state index contributed by atoms with van der Waals surface area (Å²) < 4.78 is 10.9. The fraction of sp³-hybridized carbons (Fsp3) is 0.533. The molecule has 0 heterocycles. The van der Waals surface area contributed by atoms with Crippen molar-refractivity contribution in [2.45, 2.75) is 19.8 Å². The fourth-order valence-electron chi connectivity index (χ4n) is 1.71.